The lowest BCUT2D eigenvalue weighted by molar-refractivity contribution is -0.448. The maximum atomic E-state index is 6.72. The van der Waals surface area contributed by atoms with Crippen molar-refractivity contribution in [3.8, 4) is 0 Å². The maximum Gasteiger partial charge on any atom is 0.220 e. The standard InChI is InChI=1S/C22H40O8P2/c1-19(23-5)21(3,25-7)29-15-13(27-19)11-31(9)17(15)18-16-14(12-32(18)10)28-20(2,24-6)22(4,26-8)30-16/h13-18H,11-12H2,1-10H3/t13-,14?,15+,16+,17-,18-,19+,20+,21+,22+,31-,32+/m1/s1. The smallest absolute Gasteiger partial charge is 0.220 e. The average Bonchev–Trinajstić information content (AvgIpc) is 3.21. The fourth-order valence-corrected chi connectivity index (χ4v) is 12.3. The molecule has 186 valence electrons. The molecule has 10 heteroatoms. The molecule has 4 saturated heterocycles. The van der Waals surface area contributed by atoms with Crippen LogP contribution in [0, 0.1) is 0 Å². The number of hydrogen-bond acceptors (Lipinski definition) is 8. The van der Waals surface area contributed by atoms with Gasteiger partial charge in [0.25, 0.3) is 0 Å². The van der Waals surface area contributed by atoms with Crippen LogP contribution in [-0.2, 0) is 37.9 Å². The quantitative estimate of drug-likeness (QED) is 0.541. The van der Waals surface area contributed by atoms with E-state index in [9.17, 15) is 0 Å². The lowest BCUT2D eigenvalue weighted by Gasteiger charge is -2.53. The van der Waals surface area contributed by atoms with Gasteiger partial charge in [-0.25, -0.2) is 0 Å². The van der Waals surface area contributed by atoms with Crippen LogP contribution in [0.1, 0.15) is 27.7 Å². The van der Waals surface area contributed by atoms with Crippen LogP contribution >= 0.6 is 15.8 Å². The largest absolute Gasteiger partial charge is 0.349 e. The van der Waals surface area contributed by atoms with Gasteiger partial charge in [0.05, 0.1) is 24.4 Å². The molecular formula is C22H40O8P2. The first-order chi connectivity index (χ1) is 14.9. The van der Waals surface area contributed by atoms with Crippen LogP contribution in [0.4, 0.5) is 0 Å². The number of ether oxygens (including phenoxy) is 8. The fourth-order valence-electron chi connectivity index (χ4n) is 5.83. The minimum atomic E-state index is -1.00. The van der Waals surface area contributed by atoms with Gasteiger partial charge in [-0.05, 0) is 53.3 Å². The van der Waals surface area contributed by atoms with E-state index in [4.69, 9.17) is 37.9 Å². The molecule has 4 heterocycles. The monoisotopic (exact) mass is 494 g/mol. The highest BCUT2D eigenvalue weighted by molar-refractivity contribution is 7.62. The fraction of sp³-hybridized carbons (Fsp3) is 1.00. The van der Waals surface area contributed by atoms with Crippen molar-refractivity contribution in [1.29, 1.82) is 0 Å². The molecule has 0 aliphatic carbocycles. The van der Waals surface area contributed by atoms with Crippen molar-refractivity contribution < 1.29 is 37.9 Å². The van der Waals surface area contributed by atoms with E-state index in [0.717, 1.165) is 12.3 Å². The van der Waals surface area contributed by atoms with Gasteiger partial charge in [0.2, 0.25) is 23.1 Å². The lowest BCUT2D eigenvalue weighted by atomic mass is 9.96. The summed E-state index contributed by atoms with van der Waals surface area (Å²) in [5.74, 6) is -3.95. The molecule has 0 aromatic rings. The predicted molar refractivity (Wildman–Crippen MR) is 124 cm³/mol. The van der Waals surface area contributed by atoms with Gasteiger partial charge < -0.3 is 37.9 Å². The first-order valence-electron chi connectivity index (χ1n) is 11.2. The molecule has 4 rings (SSSR count). The summed E-state index contributed by atoms with van der Waals surface area (Å²) in [6.07, 6.45) is 1.71. The van der Waals surface area contributed by atoms with Crippen LogP contribution in [0.3, 0.4) is 0 Å². The van der Waals surface area contributed by atoms with Crippen molar-refractivity contribution >= 4 is 15.8 Å². The highest BCUT2D eigenvalue weighted by atomic mass is 31.1. The van der Waals surface area contributed by atoms with Crippen molar-refractivity contribution in [1.82, 2.24) is 0 Å². The first-order valence-corrected chi connectivity index (χ1v) is 15.3. The van der Waals surface area contributed by atoms with Gasteiger partial charge in [-0.3, -0.25) is 0 Å². The van der Waals surface area contributed by atoms with Crippen LogP contribution < -0.4 is 0 Å². The molecule has 4 aliphatic heterocycles. The van der Waals surface area contributed by atoms with Crippen molar-refractivity contribution in [2.75, 3.05) is 54.1 Å². The molecule has 0 aromatic heterocycles. The van der Waals surface area contributed by atoms with Gasteiger partial charge in [0.1, 0.15) is 0 Å². The van der Waals surface area contributed by atoms with E-state index in [1.54, 1.807) is 28.4 Å². The summed E-state index contributed by atoms with van der Waals surface area (Å²) >= 11 is 0. The summed E-state index contributed by atoms with van der Waals surface area (Å²) in [5.41, 5.74) is 0.627. The summed E-state index contributed by atoms with van der Waals surface area (Å²) in [7, 11) is 5.85. The number of rotatable bonds is 5. The van der Waals surface area contributed by atoms with E-state index in [-0.39, 0.29) is 40.3 Å². The van der Waals surface area contributed by atoms with Gasteiger partial charge in [-0.2, -0.15) is 0 Å². The van der Waals surface area contributed by atoms with E-state index in [1.807, 2.05) is 27.7 Å². The predicted octanol–water partition coefficient (Wildman–Crippen LogP) is 2.99. The molecular weight excluding hydrogens is 454 g/mol. The Bertz CT molecular complexity index is 657. The second-order valence-electron chi connectivity index (χ2n) is 9.94. The van der Waals surface area contributed by atoms with E-state index >= 15 is 0 Å². The summed E-state index contributed by atoms with van der Waals surface area (Å²) in [4.78, 5) is 0. The van der Waals surface area contributed by atoms with Gasteiger partial charge in [0.15, 0.2) is 0 Å². The van der Waals surface area contributed by atoms with Crippen molar-refractivity contribution in [3.05, 3.63) is 0 Å². The van der Waals surface area contributed by atoms with Crippen molar-refractivity contribution in [3.63, 3.8) is 0 Å². The van der Waals surface area contributed by atoms with Crippen molar-refractivity contribution in [2.45, 2.75) is 86.6 Å². The summed E-state index contributed by atoms with van der Waals surface area (Å²) in [6.45, 7) is 12.3. The third kappa shape index (κ3) is 3.56. The zero-order valence-corrected chi connectivity index (χ0v) is 22.8. The first kappa shape index (κ1) is 25.6. The number of fused-ring (bicyclic) bond motifs is 2. The zero-order valence-electron chi connectivity index (χ0n) is 21.0. The Balaban J connectivity index is 1.65. The minimum Gasteiger partial charge on any atom is -0.349 e. The van der Waals surface area contributed by atoms with Crippen LogP contribution in [0.25, 0.3) is 0 Å². The Hall–Kier alpha value is 0.540. The molecule has 4 aliphatic rings. The Kier molecular flexibility index (Phi) is 6.87. The van der Waals surface area contributed by atoms with Gasteiger partial charge >= 0.3 is 0 Å². The summed E-state index contributed by atoms with van der Waals surface area (Å²) in [6, 6.07) is 0. The molecule has 8 nitrogen and oxygen atoms in total. The van der Waals surface area contributed by atoms with Gasteiger partial charge in [-0.1, -0.05) is 0 Å². The van der Waals surface area contributed by atoms with Crippen LogP contribution in [0.15, 0.2) is 0 Å². The Morgan fingerprint density at radius 2 is 0.844 bits per heavy atom. The molecule has 4 fully saturated rings. The third-order valence-corrected chi connectivity index (χ3v) is 13.8. The SMILES string of the molecule is CO[C@@]1(C)OC2C[P@](C)[C@@H]([C@H]3[C@H]4O[C@](C)(OC)[C@@](C)(OC)O[C@@H]4C[P@@]3C)[C@H]2O[C@]1(C)OC. The Morgan fingerprint density at radius 1 is 0.562 bits per heavy atom. The van der Waals surface area contributed by atoms with Gasteiger partial charge in [-0.15, -0.1) is 15.8 Å². The van der Waals surface area contributed by atoms with Crippen LogP contribution in [0.2, 0.25) is 0 Å². The number of methoxy groups -OCH3 is 4. The van der Waals surface area contributed by atoms with E-state index < -0.39 is 23.1 Å². The molecule has 0 radical (unpaired) electrons. The molecule has 0 saturated carbocycles. The van der Waals surface area contributed by atoms with E-state index in [0.29, 0.717) is 11.3 Å². The van der Waals surface area contributed by atoms with Crippen LogP contribution in [-0.4, -0.2) is 113 Å². The second kappa shape index (κ2) is 8.58. The van der Waals surface area contributed by atoms with E-state index in [1.165, 1.54) is 0 Å². The highest BCUT2D eigenvalue weighted by Gasteiger charge is 2.66. The van der Waals surface area contributed by atoms with Gasteiger partial charge in [0, 0.05) is 39.8 Å². The number of hydrogen-bond donors (Lipinski definition) is 0. The van der Waals surface area contributed by atoms with Crippen LogP contribution in [0.5, 0.6) is 0 Å². The molecule has 0 bridgehead atoms. The Labute approximate surface area is 194 Å². The molecule has 0 amide bonds. The van der Waals surface area contributed by atoms with Crippen molar-refractivity contribution in [2.24, 2.45) is 0 Å². The Morgan fingerprint density at radius 3 is 1.12 bits per heavy atom. The highest BCUT2D eigenvalue weighted by Crippen LogP contribution is 2.65. The molecule has 32 heavy (non-hydrogen) atoms. The maximum absolute atomic E-state index is 6.72. The molecule has 0 N–H and O–H groups in total. The topological polar surface area (TPSA) is 73.8 Å². The van der Waals surface area contributed by atoms with E-state index in [2.05, 4.69) is 13.3 Å². The molecule has 0 aromatic carbocycles. The lowest BCUT2D eigenvalue weighted by Crippen LogP contribution is -2.68. The normalized spacial score (nSPS) is 57.9. The minimum absolute atomic E-state index is 0.0331. The summed E-state index contributed by atoms with van der Waals surface area (Å²) < 4.78 is 49.6. The molecule has 0 spiro atoms. The molecule has 1 unspecified atom stereocenters. The summed E-state index contributed by atoms with van der Waals surface area (Å²) in [5, 5.41) is 0. The third-order valence-electron chi connectivity index (χ3n) is 8.39. The average molecular weight is 495 g/mol. The second-order valence-corrected chi connectivity index (χ2v) is 14.9. The molecule has 12 atom stereocenters. The zero-order chi connectivity index (χ0) is 23.7.